The topological polar surface area (TPSA) is 95.9 Å². The van der Waals surface area contributed by atoms with Crippen LogP contribution in [0, 0.1) is 0 Å². The second kappa shape index (κ2) is 11.7. The predicted molar refractivity (Wildman–Crippen MR) is 114 cm³/mol. The van der Waals surface area contributed by atoms with Crippen molar-refractivity contribution in [3.8, 4) is 0 Å². The van der Waals surface area contributed by atoms with Crippen molar-refractivity contribution in [2.75, 3.05) is 7.11 Å². The third-order valence-corrected chi connectivity index (χ3v) is 5.87. The van der Waals surface area contributed by atoms with Crippen LogP contribution in [-0.2, 0) is 25.5 Å². The van der Waals surface area contributed by atoms with Gasteiger partial charge in [0.2, 0.25) is 5.91 Å². The van der Waals surface area contributed by atoms with Gasteiger partial charge in [0.15, 0.2) is 0 Å². The van der Waals surface area contributed by atoms with Crippen LogP contribution in [0.5, 0.6) is 0 Å². The number of methoxy groups -OCH3 is 1. The molecule has 0 heterocycles. The summed E-state index contributed by atoms with van der Waals surface area (Å²) in [5.74, 6) is -1.73. The molecule has 0 aliphatic heterocycles. The zero-order valence-corrected chi connectivity index (χ0v) is 18.2. The minimum Gasteiger partial charge on any atom is -0.480 e. The Morgan fingerprint density at radius 2 is 1.77 bits per heavy atom. The van der Waals surface area contributed by atoms with Crippen LogP contribution in [0.15, 0.2) is 30.3 Å². The summed E-state index contributed by atoms with van der Waals surface area (Å²) in [7, 11) is 1.33. The normalized spacial score (nSPS) is 17.6. The summed E-state index contributed by atoms with van der Waals surface area (Å²) >= 11 is 0. The molecule has 1 fully saturated rings. The highest BCUT2D eigenvalue weighted by Crippen LogP contribution is 2.25. The summed E-state index contributed by atoms with van der Waals surface area (Å²) in [4.78, 5) is 38.7. The Hall–Kier alpha value is -2.41. The molecule has 7 nitrogen and oxygen atoms in total. The number of nitrogens with one attached hydrogen (secondary N) is 1. The Morgan fingerprint density at radius 3 is 2.33 bits per heavy atom. The Morgan fingerprint density at radius 1 is 1.13 bits per heavy atom. The monoisotopic (exact) mass is 418 g/mol. The van der Waals surface area contributed by atoms with Gasteiger partial charge in [-0.25, -0.2) is 4.79 Å². The van der Waals surface area contributed by atoms with Crippen molar-refractivity contribution in [1.82, 2.24) is 10.2 Å². The van der Waals surface area contributed by atoms with Crippen molar-refractivity contribution in [3.05, 3.63) is 35.9 Å². The van der Waals surface area contributed by atoms with Gasteiger partial charge in [-0.15, -0.1) is 0 Å². The number of carboxylic acids is 1. The van der Waals surface area contributed by atoms with Gasteiger partial charge in [0, 0.05) is 6.04 Å². The van der Waals surface area contributed by atoms with E-state index in [1.165, 1.54) is 12.0 Å². The number of benzene rings is 1. The standard InChI is InChI=1S/C23H34N2O5/c1-16(21(26)25(17(2)22(27)28)19-12-8-5-9-13-19)24-20(23(29)30-3)15-14-18-10-6-4-7-11-18/h4,6-7,10-11,16-17,19-20,24H,5,8-9,12-15H2,1-3H3,(H,27,28). The molecular formula is C23H34N2O5. The van der Waals surface area contributed by atoms with E-state index in [1.807, 2.05) is 30.3 Å². The smallest absolute Gasteiger partial charge is 0.326 e. The fourth-order valence-corrected chi connectivity index (χ4v) is 4.13. The molecule has 0 aromatic heterocycles. The SMILES string of the molecule is COC(=O)C(CCc1ccccc1)NC(C)C(=O)N(C1CCCCC1)C(C)C(=O)O. The quantitative estimate of drug-likeness (QED) is 0.567. The van der Waals surface area contributed by atoms with Gasteiger partial charge in [-0.2, -0.15) is 0 Å². The maximum atomic E-state index is 13.3. The van der Waals surface area contributed by atoms with E-state index in [1.54, 1.807) is 13.8 Å². The largest absolute Gasteiger partial charge is 0.480 e. The van der Waals surface area contributed by atoms with Crippen LogP contribution in [0.3, 0.4) is 0 Å². The first kappa shape index (κ1) is 23.9. The molecule has 30 heavy (non-hydrogen) atoms. The third kappa shape index (κ3) is 6.55. The maximum absolute atomic E-state index is 13.3. The van der Waals surface area contributed by atoms with Gasteiger partial charge in [-0.05, 0) is 45.1 Å². The molecule has 1 saturated carbocycles. The zero-order valence-electron chi connectivity index (χ0n) is 18.2. The van der Waals surface area contributed by atoms with Crippen LogP contribution in [0.2, 0.25) is 0 Å². The second-order valence-electron chi connectivity index (χ2n) is 8.04. The Balaban J connectivity index is 2.10. The summed E-state index contributed by atoms with van der Waals surface area (Å²) in [6, 6.07) is 7.45. The molecule has 1 aromatic carbocycles. The maximum Gasteiger partial charge on any atom is 0.326 e. The number of aliphatic carboxylic acids is 1. The van der Waals surface area contributed by atoms with Crippen molar-refractivity contribution < 1.29 is 24.2 Å². The lowest BCUT2D eigenvalue weighted by Gasteiger charge is -2.39. The molecule has 0 saturated heterocycles. The molecule has 1 aromatic rings. The number of carboxylic acid groups (broad SMARTS) is 1. The van der Waals surface area contributed by atoms with Crippen LogP contribution in [0.4, 0.5) is 0 Å². The molecule has 3 unspecified atom stereocenters. The number of esters is 1. The van der Waals surface area contributed by atoms with E-state index in [0.717, 1.165) is 37.7 Å². The van der Waals surface area contributed by atoms with Crippen LogP contribution in [-0.4, -0.2) is 59.1 Å². The number of amides is 1. The molecule has 0 radical (unpaired) electrons. The van der Waals surface area contributed by atoms with Crippen LogP contribution in [0.1, 0.15) is 57.9 Å². The van der Waals surface area contributed by atoms with Crippen molar-refractivity contribution >= 4 is 17.8 Å². The highest BCUT2D eigenvalue weighted by molar-refractivity contribution is 5.87. The predicted octanol–water partition coefficient (Wildman–Crippen LogP) is 2.77. The Bertz CT molecular complexity index is 703. The van der Waals surface area contributed by atoms with Crippen molar-refractivity contribution in [1.29, 1.82) is 0 Å². The van der Waals surface area contributed by atoms with E-state index in [0.29, 0.717) is 12.8 Å². The fraction of sp³-hybridized carbons (Fsp3) is 0.609. The van der Waals surface area contributed by atoms with Gasteiger partial charge in [-0.3, -0.25) is 14.9 Å². The van der Waals surface area contributed by atoms with Gasteiger partial charge >= 0.3 is 11.9 Å². The summed E-state index contributed by atoms with van der Waals surface area (Å²) in [5.41, 5.74) is 1.09. The zero-order chi connectivity index (χ0) is 22.1. The number of rotatable bonds is 10. The van der Waals surface area contributed by atoms with Crippen LogP contribution in [0.25, 0.3) is 0 Å². The lowest BCUT2D eigenvalue weighted by Crippen LogP contribution is -2.57. The molecule has 166 valence electrons. The first-order valence-electron chi connectivity index (χ1n) is 10.8. The highest BCUT2D eigenvalue weighted by Gasteiger charge is 2.36. The van der Waals surface area contributed by atoms with Gasteiger partial charge in [0.1, 0.15) is 12.1 Å². The summed E-state index contributed by atoms with van der Waals surface area (Å²) in [6.07, 6.45) is 5.85. The Labute approximate surface area is 178 Å². The van der Waals surface area contributed by atoms with Gasteiger partial charge in [0.25, 0.3) is 0 Å². The number of ether oxygens (including phenoxy) is 1. The van der Waals surface area contributed by atoms with Crippen LogP contribution >= 0.6 is 0 Å². The first-order chi connectivity index (χ1) is 14.3. The number of nitrogens with zero attached hydrogens (tertiary/aromatic N) is 1. The van der Waals surface area contributed by atoms with E-state index >= 15 is 0 Å². The third-order valence-electron chi connectivity index (χ3n) is 5.87. The molecule has 1 aliphatic rings. The van der Waals surface area contributed by atoms with Gasteiger partial charge in [-0.1, -0.05) is 49.6 Å². The first-order valence-corrected chi connectivity index (χ1v) is 10.8. The van der Waals surface area contributed by atoms with E-state index in [4.69, 9.17) is 4.74 Å². The van der Waals surface area contributed by atoms with E-state index in [-0.39, 0.29) is 11.9 Å². The lowest BCUT2D eigenvalue weighted by molar-refractivity contribution is -0.153. The summed E-state index contributed by atoms with van der Waals surface area (Å²) in [5, 5.41) is 12.6. The number of carbonyl (C=O) groups excluding carboxylic acids is 2. The van der Waals surface area contributed by atoms with E-state index < -0.39 is 30.1 Å². The molecule has 2 N–H and O–H groups in total. The number of hydrogen-bond acceptors (Lipinski definition) is 5. The molecule has 1 amide bonds. The highest BCUT2D eigenvalue weighted by atomic mass is 16.5. The Kier molecular flexibility index (Phi) is 9.30. The lowest BCUT2D eigenvalue weighted by atomic mass is 9.92. The average Bonchev–Trinajstić information content (AvgIpc) is 2.77. The number of carbonyl (C=O) groups is 3. The molecule has 7 heteroatoms. The van der Waals surface area contributed by atoms with Crippen molar-refractivity contribution in [2.24, 2.45) is 0 Å². The van der Waals surface area contributed by atoms with Gasteiger partial charge in [0.05, 0.1) is 13.2 Å². The van der Waals surface area contributed by atoms with Crippen LogP contribution < -0.4 is 5.32 Å². The molecule has 3 atom stereocenters. The van der Waals surface area contributed by atoms with E-state index in [9.17, 15) is 19.5 Å². The molecule has 1 aliphatic carbocycles. The van der Waals surface area contributed by atoms with Crippen molar-refractivity contribution in [2.45, 2.75) is 83.0 Å². The van der Waals surface area contributed by atoms with Gasteiger partial charge < -0.3 is 14.7 Å². The average molecular weight is 419 g/mol. The summed E-state index contributed by atoms with van der Waals surface area (Å²) < 4.78 is 4.92. The minimum absolute atomic E-state index is 0.0810. The molecule has 0 spiro atoms. The second-order valence-corrected chi connectivity index (χ2v) is 8.04. The minimum atomic E-state index is -1.02. The molecular weight excluding hydrogens is 384 g/mol. The van der Waals surface area contributed by atoms with Crippen molar-refractivity contribution in [3.63, 3.8) is 0 Å². The number of aryl methyl sites for hydroxylation is 1. The molecule has 0 bridgehead atoms. The number of hydrogen-bond donors (Lipinski definition) is 2. The summed E-state index contributed by atoms with van der Waals surface area (Å²) in [6.45, 7) is 3.24. The molecule has 2 rings (SSSR count). The van der Waals surface area contributed by atoms with E-state index in [2.05, 4.69) is 5.32 Å². The fourth-order valence-electron chi connectivity index (χ4n) is 4.13.